The van der Waals surface area contributed by atoms with Crippen molar-refractivity contribution in [2.24, 2.45) is 16.7 Å². The second-order valence-electron chi connectivity index (χ2n) is 6.47. The summed E-state index contributed by atoms with van der Waals surface area (Å²) >= 11 is 0. The van der Waals surface area contributed by atoms with Crippen LogP contribution in [0, 0.1) is 16.7 Å². The normalized spacial score (nSPS) is 14.9. The van der Waals surface area contributed by atoms with E-state index in [0.717, 1.165) is 13.1 Å². The zero-order valence-electron chi connectivity index (χ0n) is 11.6. The second-order valence-corrected chi connectivity index (χ2v) is 6.47. The molecule has 0 aromatic carbocycles. The van der Waals surface area contributed by atoms with Crippen LogP contribution in [-0.4, -0.2) is 24.2 Å². The Hall–Kier alpha value is -0.570. The van der Waals surface area contributed by atoms with Gasteiger partial charge in [-0.05, 0) is 23.3 Å². The summed E-state index contributed by atoms with van der Waals surface area (Å²) in [5.41, 5.74) is 0.450. The summed E-state index contributed by atoms with van der Waals surface area (Å²) in [6.07, 6.45) is 0.239. The van der Waals surface area contributed by atoms with Gasteiger partial charge in [-0.3, -0.25) is 4.79 Å². The fourth-order valence-electron chi connectivity index (χ4n) is 1.27. The quantitative estimate of drug-likeness (QED) is 0.736. The van der Waals surface area contributed by atoms with Crippen molar-refractivity contribution in [2.75, 3.05) is 13.1 Å². The third kappa shape index (κ3) is 5.50. The zero-order chi connectivity index (χ0) is 13.0. The summed E-state index contributed by atoms with van der Waals surface area (Å²) in [5.74, 6) is -0.530. The maximum absolute atomic E-state index is 10.5. The molecule has 0 amide bonds. The van der Waals surface area contributed by atoms with Gasteiger partial charge in [0.1, 0.15) is 0 Å². The highest BCUT2D eigenvalue weighted by atomic mass is 16.4. The highest BCUT2D eigenvalue weighted by Crippen LogP contribution is 2.36. The zero-order valence-corrected chi connectivity index (χ0v) is 11.6. The number of aliphatic carboxylic acids is 1. The first kappa shape index (κ1) is 15.4. The fourth-order valence-corrected chi connectivity index (χ4v) is 1.27. The van der Waals surface area contributed by atoms with Crippen LogP contribution >= 0.6 is 0 Å². The molecule has 0 radical (unpaired) electrons. The molecule has 0 spiro atoms. The Balaban J connectivity index is 3.94. The van der Waals surface area contributed by atoms with Gasteiger partial charge in [-0.2, -0.15) is 0 Å². The van der Waals surface area contributed by atoms with E-state index in [4.69, 9.17) is 5.11 Å². The van der Waals surface area contributed by atoms with Crippen molar-refractivity contribution in [1.29, 1.82) is 0 Å². The van der Waals surface area contributed by atoms with Gasteiger partial charge in [0.15, 0.2) is 0 Å². The minimum Gasteiger partial charge on any atom is -0.481 e. The molecule has 0 rings (SSSR count). The maximum Gasteiger partial charge on any atom is 0.303 e. The van der Waals surface area contributed by atoms with E-state index in [-0.39, 0.29) is 23.2 Å². The Kier molecular flexibility index (Phi) is 5.47. The predicted molar refractivity (Wildman–Crippen MR) is 67.5 cm³/mol. The highest BCUT2D eigenvalue weighted by molar-refractivity contribution is 5.66. The summed E-state index contributed by atoms with van der Waals surface area (Å²) in [4.78, 5) is 10.5. The number of carboxylic acids is 1. The van der Waals surface area contributed by atoms with E-state index < -0.39 is 5.97 Å². The van der Waals surface area contributed by atoms with Crippen molar-refractivity contribution in [3.05, 3.63) is 0 Å². The molecule has 2 N–H and O–H groups in total. The number of hydrogen-bond acceptors (Lipinski definition) is 2. The molecule has 0 aliphatic heterocycles. The molecule has 0 saturated heterocycles. The number of carboxylic acid groups (broad SMARTS) is 1. The standard InChI is InChI=1S/C13H27NO2/c1-10(7-11(15)16)8-14-9-13(5,6)12(2,3)4/h10,14H,7-9H2,1-6H3,(H,15,16). The van der Waals surface area contributed by atoms with Crippen LogP contribution in [0.4, 0.5) is 0 Å². The fraction of sp³-hybridized carbons (Fsp3) is 0.923. The first-order chi connectivity index (χ1) is 7.06. The number of nitrogens with one attached hydrogen (secondary N) is 1. The van der Waals surface area contributed by atoms with Gasteiger partial charge >= 0.3 is 5.97 Å². The Morgan fingerprint density at radius 1 is 1.25 bits per heavy atom. The molecule has 0 aliphatic rings. The molecule has 16 heavy (non-hydrogen) atoms. The van der Waals surface area contributed by atoms with Crippen LogP contribution < -0.4 is 5.32 Å². The maximum atomic E-state index is 10.5. The molecule has 96 valence electrons. The highest BCUT2D eigenvalue weighted by Gasteiger charge is 2.32. The smallest absolute Gasteiger partial charge is 0.303 e. The van der Waals surface area contributed by atoms with Gasteiger partial charge in [-0.1, -0.05) is 41.5 Å². The van der Waals surface area contributed by atoms with Gasteiger partial charge in [0.05, 0.1) is 0 Å². The van der Waals surface area contributed by atoms with Gasteiger partial charge in [0, 0.05) is 13.0 Å². The summed E-state index contributed by atoms with van der Waals surface area (Å²) < 4.78 is 0. The van der Waals surface area contributed by atoms with Gasteiger partial charge in [0.2, 0.25) is 0 Å². The molecule has 1 unspecified atom stereocenters. The lowest BCUT2D eigenvalue weighted by molar-refractivity contribution is -0.137. The Labute approximate surface area is 99.6 Å². The van der Waals surface area contributed by atoms with E-state index in [1.807, 2.05) is 6.92 Å². The number of rotatable bonds is 6. The summed E-state index contributed by atoms with van der Waals surface area (Å²) in [7, 11) is 0. The van der Waals surface area contributed by atoms with Crippen LogP contribution in [0.1, 0.15) is 48.0 Å². The van der Waals surface area contributed by atoms with Crippen molar-refractivity contribution in [3.63, 3.8) is 0 Å². The molecule has 0 saturated carbocycles. The number of carbonyl (C=O) groups is 1. The third-order valence-electron chi connectivity index (χ3n) is 3.61. The largest absolute Gasteiger partial charge is 0.481 e. The van der Waals surface area contributed by atoms with E-state index >= 15 is 0 Å². The lowest BCUT2D eigenvalue weighted by Gasteiger charge is -2.39. The average Bonchev–Trinajstić information content (AvgIpc) is 1.99. The minimum absolute atomic E-state index is 0.188. The van der Waals surface area contributed by atoms with Gasteiger partial charge < -0.3 is 10.4 Å². The molecule has 0 heterocycles. The Morgan fingerprint density at radius 2 is 1.75 bits per heavy atom. The Morgan fingerprint density at radius 3 is 2.12 bits per heavy atom. The van der Waals surface area contributed by atoms with Crippen LogP contribution in [0.2, 0.25) is 0 Å². The van der Waals surface area contributed by atoms with Crippen molar-refractivity contribution in [2.45, 2.75) is 48.0 Å². The monoisotopic (exact) mass is 229 g/mol. The molecule has 3 nitrogen and oxygen atoms in total. The topological polar surface area (TPSA) is 49.3 Å². The number of hydrogen-bond donors (Lipinski definition) is 2. The molecular weight excluding hydrogens is 202 g/mol. The summed E-state index contributed by atoms with van der Waals surface area (Å²) in [6, 6.07) is 0. The van der Waals surface area contributed by atoms with Gasteiger partial charge in [0.25, 0.3) is 0 Å². The van der Waals surface area contributed by atoms with Gasteiger partial charge in [-0.15, -0.1) is 0 Å². The molecule has 1 atom stereocenters. The third-order valence-corrected chi connectivity index (χ3v) is 3.61. The van der Waals surface area contributed by atoms with Gasteiger partial charge in [-0.25, -0.2) is 0 Å². The van der Waals surface area contributed by atoms with Crippen LogP contribution in [0.15, 0.2) is 0 Å². The lowest BCUT2D eigenvalue weighted by Crippen LogP contribution is -2.40. The van der Waals surface area contributed by atoms with Crippen molar-refractivity contribution in [3.8, 4) is 0 Å². The Bertz CT molecular complexity index is 229. The first-order valence-electron chi connectivity index (χ1n) is 5.99. The minimum atomic E-state index is -0.718. The molecule has 3 heteroatoms. The van der Waals surface area contributed by atoms with Crippen LogP contribution in [-0.2, 0) is 4.79 Å². The molecule has 0 fully saturated rings. The summed E-state index contributed by atoms with van der Waals surface area (Å²) in [6.45, 7) is 14.8. The predicted octanol–water partition coefficient (Wildman–Crippen LogP) is 2.76. The van der Waals surface area contributed by atoms with E-state index in [9.17, 15) is 4.79 Å². The van der Waals surface area contributed by atoms with E-state index in [2.05, 4.69) is 39.9 Å². The van der Waals surface area contributed by atoms with Crippen molar-refractivity contribution in [1.82, 2.24) is 5.32 Å². The van der Waals surface area contributed by atoms with E-state index in [0.29, 0.717) is 0 Å². The molecule has 0 aromatic heterocycles. The van der Waals surface area contributed by atoms with E-state index in [1.54, 1.807) is 0 Å². The van der Waals surface area contributed by atoms with Crippen molar-refractivity contribution >= 4 is 5.97 Å². The lowest BCUT2D eigenvalue weighted by atomic mass is 9.69. The van der Waals surface area contributed by atoms with Crippen LogP contribution in [0.25, 0.3) is 0 Å². The van der Waals surface area contributed by atoms with Crippen LogP contribution in [0.5, 0.6) is 0 Å². The molecule has 0 aromatic rings. The molecule has 0 aliphatic carbocycles. The molecule has 0 bridgehead atoms. The first-order valence-corrected chi connectivity index (χ1v) is 5.99. The average molecular weight is 229 g/mol. The second kappa shape index (κ2) is 5.67. The SMILES string of the molecule is CC(CNCC(C)(C)C(C)(C)C)CC(=O)O. The van der Waals surface area contributed by atoms with E-state index in [1.165, 1.54) is 0 Å². The van der Waals surface area contributed by atoms with Crippen molar-refractivity contribution < 1.29 is 9.90 Å². The van der Waals surface area contributed by atoms with Crippen LogP contribution in [0.3, 0.4) is 0 Å². The summed E-state index contributed by atoms with van der Waals surface area (Å²) in [5, 5.41) is 12.0. The molecular formula is C13H27NO2.